The van der Waals surface area contributed by atoms with E-state index in [9.17, 15) is 19.8 Å². The minimum absolute atomic E-state index is 0.184. The van der Waals surface area contributed by atoms with E-state index in [0.29, 0.717) is 29.8 Å². The zero-order chi connectivity index (χ0) is 23.5. The monoisotopic (exact) mass is 453 g/mol. The van der Waals surface area contributed by atoms with Crippen LogP contribution in [0, 0.1) is 11.8 Å². The summed E-state index contributed by atoms with van der Waals surface area (Å²) >= 11 is 0. The zero-order valence-corrected chi connectivity index (χ0v) is 19.8. The zero-order valence-electron chi connectivity index (χ0n) is 19.8. The number of amides is 1. The number of rotatable bonds is 6. The third-order valence-corrected chi connectivity index (χ3v) is 7.92. The van der Waals surface area contributed by atoms with Gasteiger partial charge < -0.3 is 20.1 Å². The van der Waals surface area contributed by atoms with Gasteiger partial charge in [0.05, 0.1) is 17.3 Å². The SMILES string of the molecule is CCC(NC(=O)c1c(O)c2ccccc2n(CC(C)C)c1=O)N1C2CC3CC1CC(O)(C3)C2. The number of piperidine rings is 2. The number of benzene rings is 1. The predicted octanol–water partition coefficient (Wildman–Crippen LogP) is 3.21. The lowest BCUT2D eigenvalue weighted by Gasteiger charge is -2.61. The molecule has 33 heavy (non-hydrogen) atoms. The largest absolute Gasteiger partial charge is 0.506 e. The van der Waals surface area contributed by atoms with Crippen LogP contribution >= 0.6 is 0 Å². The van der Waals surface area contributed by atoms with Crippen molar-refractivity contribution in [3.05, 3.63) is 40.2 Å². The van der Waals surface area contributed by atoms with Gasteiger partial charge in [-0.1, -0.05) is 32.9 Å². The first-order valence-electron chi connectivity index (χ1n) is 12.4. The number of para-hydroxylation sites is 1. The van der Waals surface area contributed by atoms with Crippen molar-refractivity contribution >= 4 is 16.8 Å². The van der Waals surface area contributed by atoms with E-state index in [1.807, 2.05) is 26.8 Å². The molecule has 2 aliphatic heterocycles. The van der Waals surface area contributed by atoms with Gasteiger partial charge in [-0.25, -0.2) is 0 Å². The Labute approximate surface area is 194 Å². The van der Waals surface area contributed by atoms with Crippen molar-refractivity contribution in [3.63, 3.8) is 0 Å². The van der Waals surface area contributed by atoms with E-state index in [1.165, 1.54) is 0 Å². The normalized spacial score (nSPS) is 29.7. The number of nitrogens with one attached hydrogen (secondary N) is 1. The van der Waals surface area contributed by atoms with Crippen molar-refractivity contribution in [3.8, 4) is 5.75 Å². The standard InChI is InChI=1S/C26H35N3O4/c1-4-21(29-17-9-16-10-18(29)13-26(33,11-16)12-17)27-24(31)22-23(30)19-7-5-6-8-20(19)28(25(22)32)14-15(2)3/h5-8,15-18,21,30,33H,4,9-14H2,1-3H3,(H,27,31). The van der Waals surface area contributed by atoms with E-state index in [-0.39, 0.29) is 35.5 Å². The summed E-state index contributed by atoms with van der Waals surface area (Å²) in [5, 5.41) is 25.5. The van der Waals surface area contributed by atoms with Crippen LogP contribution in [0.25, 0.3) is 10.9 Å². The first kappa shape index (κ1) is 22.4. The topological polar surface area (TPSA) is 94.8 Å². The van der Waals surface area contributed by atoms with Crippen molar-refractivity contribution < 1.29 is 15.0 Å². The average Bonchev–Trinajstić information content (AvgIpc) is 2.74. The second-order valence-corrected chi connectivity index (χ2v) is 10.9. The average molecular weight is 454 g/mol. The number of carbonyl (C=O) groups excluding carboxylic acids is 1. The lowest BCUT2D eigenvalue weighted by atomic mass is 9.61. The number of fused-ring (bicyclic) bond motifs is 1. The van der Waals surface area contributed by atoms with Crippen molar-refractivity contribution in [2.75, 3.05) is 0 Å². The summed E-state index contributed by atoms with van der Waals surface area (Å²) in [6, 6.07) is 7.67. The number of aliphatic hydroxyl groups is 1. The molecule has 3 heterocycles. The van der Waals surface area contributed by atoms with E-state index in [1.54, 1.807) is 22.8 Å². The summed E-state index contributed by atoms with van der Waals surface area (Å²) in [4.78, 5) is 29.3. The fourth-order valence-electron chi connectivity index (χ4n) is 6.88. The van der Waals surface area contributed by atoms with Gasteiger partial charge >= 0.3 is 0 Å². The van der Waals surface area contributed by atoms with Crippen molar-refractivity contribution in [2.24, 2.45) is 11.8 Å². The van der Waals surface area contributed by atoms with Gasteiger partial charge in [0, 0.05) is 24.0 Å². The quantitative estimate of drug-likeness (QED) is 0.624. The third kappa shape index (κ3) is 3.75. The van der Waals surface area contributed by atoms with E-state index < -0.39 is 17.1 Å². The second kappa shape index (κ2) is 8.13. The molecule has 4 fully saturated rings. The molecule has 3 unspecified atom stereocenters. The molecule has 178 valence electrons. The molecule has 3 atom stereocenters. The highest BCUT2D eigenvalue weighted by atomic mass is 16.3. The second-order valence-electron chi connectivity index (χ2n) is 10.9. The Hall–Kier alpha value is -2.38. The highest BCUT2D eigenvalue weighted by Crippen LogP contribution is 2.52. The van der Waals surface area contributed by atoms with Gasteiger partial charge in [-0.3, -0.25) is 14.5 Å². The minimum atomic E-state index is -0.559. The molecule has 6 rings (SSSR count). The van der Waals surface area contributed by atoms with Crippen molar-refractivity contribution in [2.45, 2.75) is 89.7 Å². The molecule has 3 N–H and O–H groups in total. The smallest absolute Gasteiger partial charge is 0.267 e. The summed E-state index contributed by atoms with van der Waals surface area (Å²) in [6.07, 6.45) is 4.94. The summed E-state index contributed by atoms with van der Waals surface area (Å²) in [6.45, 7) is 6.54. The van der Waals surface area contributed by atoms with Gasteiger partial charge in [0.2, 0.25) is 0 Å². The molecule has 2 aliphatic carbocycles. The maximum Gasteiger partial charge on any atom is 0.267 e. The summed E-state index contributed by atoms with van der Waals surface area (Å²) in [5.41, 5.74) is -0.565. The Morgan fingerprint density at radius 2 is 1.85 bits per heavy atom. The first-order valence-corrected chi connectivity index (χ1v) is 12.4. The minimum Gasteiger partial charge on any atom is -0.506 e. The maximum atomic E-state index is 13.5. The lowest BCUT2D eigenvalue weighted by molar-refractivity contribution is -0.170. The van der Waals surface area contributed by atoms with Gasteiger partial charge in [-0.2, -0.15) is 0 Å². The Bertz CT molecular complexity index is 1120. The summed E-state index contributed by atoms with van der Waals surface area (Å²) in [5.74, 6) is -0.0119. The molecule has 4 bridgehead atoms. The molecule has 7 nitrogen and oxygen atoms in total. The van der Waals surface area contributed by atoms with Crippen LogP contribution in [0.1, 0.15) is 69.7 Å². The highest BCUT2D eigenvalue weighted by Gasteiger charge is 2.55. The molecule has 1 amide bonds. The Morgan fingerprint density at radius 3 is 2.45 bits per heavy atom. The fourth-order valence-corrected chi connectivity index (χ4v) is 6.88. The number of nitrogens with zero attached hydrogens (tertiary/aromatic N) is 2. The van der Waals surface area contributed by atoms with Crippen LogP contribution in [0.15, 0.2) is 29.1 Å². The maximum absolute atomic E-state index is 13.5. The molecule has 2 saturated carbocycles. The van der Waals surface area contributed by atoms with Gasteiger partial charge in [0.15, 0.2) is 0 Å². The lowest BCUT2D eigenvalue weighted by Crippen LogP contribution is -2.69. The van der Waals surface area contributed by atoms with E-state index in [4.69, 9.17) is 0 Å². The third-order valence-electron chi connectivity index (χ3n) is 7.92. The van der Waals surface area contributed by atoms with Crippen molar-refractivity contribution in [1.29, 1.82) is 0 Å². The number of aromatic nitrogens is 1. The van der Waals surface area contributed by atoms with Crippen LogP contribution < -0.4 is 10.9 Å². The predicted molar refractivity (Wildman–Crippen MR) is 127 cm³/mol. The number of hydrogen-bond donors (Lipinski definition) is 3. The Morgan fingerprint density at radius 1 is 1.18 bits per heavy atom. The van der Waals surface area contributed by atoms with Crippen LogP contribution in [0.3, 0.4) is 0 Å². The van der Waals surface area contributed by atoms with Gasteiger partial charge in [-0.15, -0.1) is 0 Å². The molecule has 4 aliphatic rings. The first-order chi connectivity index (χ1) is 15.7. The molecule has 0 radical (unpaired) electrons. The molecular weight excluding hydrogens is 418 g/mol. The summed E-state index contributed by atoms with van der Waals surface area (Å²) < 4.78 is 1.61. The van der Waals surface area contributed by atoms with Crippen LogP contribution in [0.5, 0.6) is 5.75 Å². The molecule has 2 aromatic rings. The van der Waals surface area contributed by atoms with Crippen LogP contribution in [-0.2, 0) is 6.54 Å². The van der Waals surface area contributed by atoms with Gasteiger partial charge in [-0.05, 0) is 62.5 Å². The molecule has 7 heteroatoms. The van der Waals surface area contributed by atoms with E-state index in [0.717, 1.165) is 32.1 Å². The molecule has 1 aromatic carbocycles. The Balaban J connectivity index is 1.48. The molecule has 1 aromatic heterocycles. The fraction of sp³-hybridized carbons (Fsp3) is 0.615. The van der Waals surface area contributed by atoms with Crippen molar-refractivity contribution in [1.82, 2.24) is 14.8 Å². The number of carbonyl (C=O) groups is 1. The molecular formula is C26H35N3O4. The van der Waals surface area contributed by atoms with Crippen LogP contribution in [-0.4, -0.2) is 49.4 Å². The van der Waals surface area contributed by atoms with Gasteiger partial charge in [0.25, 0.3) is 11.5 Å². The van der Waals surface area contributed by atoms with E-state index in [2.05, 4.69) is 10.2 Å². The Kier molecular flexibility index (Phi) is 5.52. The summed E-state index contributed by atoms with van der Waals surface area (Å²) in [7, 11) is 0. The number of aromatic hydroxyl groups is 1. The highest BCUT2D eigenvalue weighted by molar-refractivity contribution is 6.02. The molecule has 2 saturated heterocycles. The number of pyridine rings is 1. The van der Waals surface area contributed by atoms with Crippen LogP contribution in [0.2, 0.25) is 0 Å². The molecule has 0 spiro atoms. The van der Waals surface area contributed by atoms with E-state index >= 15 is 0 Å². The van der Waals surface area contributed by atoms with Crippen LogP contribution in [0.4, 0.5) is 0 Å². The number of hydrogen-bond acceptors (Lipinski definition) is 5. The van der Waals surface area contributed by atoms with Gasteiger partial charge in [0.1, 0.15) is 11.3 Å².